The standard InChI is InChI=1S/C39H68N10O15S/c1-17(2)15-25(39(63)64)46-38(62)30(21(7)51)49-37(61)29(18(3)4)48-35(59)22(9-11-27(41)52)45-36(60)26(16-50)47-34(58)24(13-14-65-8)44-32(56)20(6)42-33(57)23(10-12-28(53)54)43-31(55)19(5)40/h17-26,29-30,50-51H,9-16,40H2,1-8H3,(H2,41,52)(H,42,57)(H,43,55)(H,44,56)(H,45,60)(H,46,62)(H,47,58)(H,48,59)(H,49,61)(H,53,54)(H,63,64)/t19-,20-,21+,22-,23-,24-,25-,26-,29-,30-/m0/s1. The summed E-state index contributed by atoms with van der Waals surface area (Å²) >= 11 is 1.29. The molecule has 0 saturated heterocycles. The fourth-order valence-corrected chi connectivity index (χ4v) is 6.18. The largest absolute Gasteiger partial charge is 0.481 e. The Morgan fingerprint density at radius 3 is 1.43 bits per heavy atom. The number of nitrogens with two attached hydrogens (primary N) is 2. The summed E-state index contributed by atoms with van der Waals surface area (Å²) in [5.74, 6) is -11.8. The van der Waals surface area contributed by atoms with Crippen LogP contribution in [0.4, 0.5) is 0 Å². The Balaban J connectivity index is 6.18. The fourth-order valence-electron chi connectivity index (χ4n) is 5.71. The van der Waals surface area contributed by atoms with Gasteiger partial charge in [0.2, 0.25) is 53.2 Å². The second-order valence-corrected chi connectivity index (χ2v) is 17.1. The van der Waals surface area contributed by atoms with E-state index in [9.17, 15) is 68.1 Å². The van der Waals surface area contributed by atoms with Crippen LogP contribution in [0.25, 0.3) is 0 Å². The normalized spacial score (nSPS) is 15.8. The zero-order valence-corrected chi connectivity index (χ0v) is 38.7. The number of carboxylic acids is 2. The Labute approximate surface area is 381 Å². The van der Waals surface area contributed by atoms with E-state index in [1.807, 2.05) is 0 Å². The van der Waals surface area contributed by atoms with Crippen molar-refractivity contribution in [3.8, 4) is 0 Å². The SMILES string of the molecule is CSCC[C@H](NC(=O)[C@H](C)NC(=O)[C@H](CCC(=O)O)NC(=O)[C@H](C)N)C(=O)N[C@@H](CO)C(=O)N[C@@H](CCC(N)=O)C(=O)N[C@H](C(=O)N[C@H](C(=O)N[C@@H](CC(C)C)C(=O)O)[C@@H](C)O)C(C)C. The molecule has 0 bridgehead atoms. The van der Waals surface area contributed by atoms with Gasteiger partial charge in [-0.3, -0.25) is 47.9 Å². The molecule has 25 nitrogen and oxygen atoms in total. The van der Waals surface area contributed by atoms with Gasteiger partial charge in [-0.05, 0) is 70.3 Å². The number of thioether (sulfide) groups is 1. The third-order valence-electron chi connectivity index (χ3n) is 9.45. The van der Waals surface area contributed by atoms with Gasteiger partial charge in [-0.15, -0.1) is 0 Å². The Kier molecular flexibility index (Phi) is 27.2. The van der Waals surface area contributed by atoms with Crippen LogP contribution in [0.3, 0.4) is 0 Å². The molecule has 370 valence electrons. The number of aliphatic hydroxyl groups excluding tert-OH is 2. The molecule has 16 N–H and O–H groups in total. The number of carbonyl (C=O) groups excluding carboxylic acids is 9. The number of primary amides is 1. The van der Waals surface area contributed by atoms with Gasteiger partial charge in [0.1, 0.15) is 48.3 Å². The molecule has 0 heterocycles. The van der Waals surface area contributed by atoms with Gasteiger partial charge in [0, 0.05) is 12.8 Å². The van der Waals surface area contributed by atoms with E-state index in [1.54, 1.807) is 20.1 Å². The fraction of sp³-hybridized carbons (Fsp3) is 0.718. The molecule has 0 spiro atoms. The monoisotopic (exact) mass is 948 g/mol. The van der Waals surface area contributed by atoms with Crippen LogP contribution in [0, 0.1) is 11.8 Å². The quantitative estimate of drug-likeness (QED) is 0.0310. The van der Waals surface area contributed by atoms with Crippen molar-refractivity contribution in [2.24, 2.45) is 23.3 Å². The zero-order chi connectivity index (χ0) is 50.3. The van der Waals surface area contributed by atoms with Crippen molar-refractivity contribution < 1.29 is 73.2 Å². The van der Waals surface area contributed by atoms with Crippen LogP contribution in [0.2, 0.25) is 0 Å². The molecule has 10 atom stereocenters. The average molecular weight is 949 g/mol. The number of hydrogen-bond acceptors (Lipinski definition) is 15. The molecule has 9 amide bonds. The van der Waals surface area contributed by atoms with E-state index in [-0.39, 0.29) is 25.2 Å². The number of carbonyl (C=O) groups is 11. The van der Waals surface area contributed by atoms with Gasteiger partial charge in [0.05, 0.1) is 18.8 Å². The highest BCUT2D eigenvalue weighted by Crippen LogP contribution is 2.10. The van der Waals surface area contributed by atoms with Crippen molar-refractivity contribution in [1.29, 1.82) is 0 Å². The van der Waals surface area contributed by atoms with Crippen molar-refractivity contribution in [3.05, 3.63) is 0 Å². The van der Waals surface area contributed by atoms with Gasteiger partial charge in [0.15, 0.2) is 0 Å². The highest BCUT2D eigenvalue weighted by Gasteiger charge is 2.36. The van der Waals surface area contributed by atoms with E-state index in [0.717, 1.165) is 0 Å². The molecule has 0 aromatic heterocycles. The number of nitrogens with one attached hydrogen (secondary N) is 8. The molecule has 0 radical (unpaired) electrons. The summed E-state index contributed by atoms with van der Waals surface area (Å²) in [7, 11) is 0. The summed E-state index contributed by atoms with van der Waals surface area (Å²) in [4.78, 5) is 140. The third-order valence-corrected chi connectivity index (χ3v) is 10.1. The van der Waals surface area contributed by atoms with Gasteiger partial charge in [0.25, 0.3) is 0 Å². The summed E-state index contributed by atoms with van der Waals surface area (Å²) in [6.07, 6.45) is -1.55. The Bertz CT molecular complexity index is 1680. The molecule has 0 aliphatic heterocycles. The summed E-state index contributed by atoms with van der Waals surface area (Å²) in [6, 6.07) is -13.0. The number of amides is 9. The zero-order valence-electron chi connectivity index (χ0n) is 37.9. The first-order valence-corrected chi connectivity index (χ1v) is 22.3. The number of aliphatic hydroxyl groups is 2. The summed E-state index contributed by atoms with van der Waals surface area (Å²) < 4.78 is 0. The second kappa shape index (κ2) is 29.8. The molecule has 0 unspecified atom stereocenters. The summed E-state index contributed by atoms with van der Waals surface area (Å²) in [5, 5.41) is 57.9. The lowest BCUT2D eigenvalue weighted by molar-refractivity contribution is -0.143. The van der Waals surface area contributed by atoms with Gasteiger partial charge in [-0.1, -0.05) is 27.7 Å². The summed E-state index contributed by atoms with van der Waals surface area (Å²) in [6.45, 7) is 9.22. The Morgan fingerprint density at radius 2 is 0.969 bits per heavy atom. The topological polar surface area (TPSA) is 417 Å². The Morgan fingerprint density at radius 1 is 0.538 bits per heavy atom. The van der Waals surface area contributed by atoms with Crippen molar-refractivity contribution in [2.45, 2.75) is 147 Å². The minimum atomic E-state index is -1.76. The van der Waals surface area contributed by atoms with Crippen molar-refractivity contribution in [2.75, 3.05) is 18.6 Å². The van der Waals surface area contributed by atoms with E-state index in [2.05, 4.69) is 42.5 Å². The van der Waals surface area contributed by atoms with Gasteiger partial charge < -0.3 is 74.4 Å². The highest BCUT2D eigenvalue weighted by atomic mass is 32.2. The van der Waals surface area contributed by atoms with E-state index in [4.69, 9.17) is 16.6 Å². The number of aliphatic carboxylic acids is 2. The van der Waals surface area contributed by atoms with Gasteiger partial charge in [-0.25, -0.2) is 4.79 Å². The maximum Gasteiger partial charge on any atom is 0.326 e. The maximum atomic E-state index is 13.7. The number of rotatable bonds is 31. The molecule has 26 heteroatoms. The average Bonchev–Trinajstić information content (AvgIpc) is 3.20. The molecule has 0 fully saturated rings. The molecule has 0 rings (SSSR count). The van der Waals surface area contributed by atoms with Crippen LogP contribution in [0.5, 0.6) is 0 Å². The highest BCUT2D eigenvalue weighted by molar-refractivity contribution is 7.98. The third kappa shape index (κ3) is 22.7. The van der Waals surface area contributed by atoms with Crippen LogP contribution >= 0.6 is 11.8 Å². The van der Waals surface area contributed by atoms with E-state index >= 15 is 0 Å². The van der Waals surface area contributed by atoms with Crippen LogP contribution < -0.4 is 54.0 Å². The minimum Gasteiger partial charge on any atom is -0.481 e. The molecule has 0 aliphatic rings. The minimum absolute atomic E-state index is 0.0250. The predicted octanol–water partition coefficient (Wildman–Crippen LogP) is -4.72. The van der Waals surface area contributed by atoms with Crippen LogP contribution in [-0.2, 0) is 52.7 Å². The lowest BCUT2D eigenvalue weighted by Crippen LogP contribution is -2.62. The van der Waals surface area contributed by atoms with Gasteiger partial charge >= 0.3 is 11.9 Å². The molecule has 0 aromatic carbocycles. The maximum absolute atomic E-state index is 13.7. The van der Waals surface area contributed by atoms with Crippen LogP contribution in [0.15, 0.2) is 0 Å². The lowest BCUT2D eigenvalue weighted by atomic mass is 10.00. The number of hydrogen-bond donors (Lipinski definition) is 14. The molecule has 65 heavy (non-hydrogen) atoms. The summed E-state index contributed by atoms with van der Waals surface area (Å²) in [5.41, 5.74) is 10.8. The van der Waals surface area contributed by atoms with Gasteiger partial charge in [-0.2, -0.15) is 11.8 Å². The van der Waals surface area contributed by atoms with E-state index < -0.39 is 157 Å². The van der Waals surface area contributed by atoms with E-state index in [1.165, 1.54) is 46.4 Å². The van der Waals surface area contributed by atoms with Crippen LogP contribution in [0.1, 0.15) is 87.0 Å². The van der Waals surface area contributed by atoms with E-state index in [0.29, 0.717) is 5.75 Å². The molecular weight excluding hydrogens is 881 g/mol. The second-order valence-electron chi connectivity index (χ2n) is 16.2. The van der Waals surface area contributed by atoms with Crippen molar-refractivity contribution >= 4 is 76.9 Å². The van der Waals surface area contributed by atoms with Crippen molar-refractivity contribution in [1.82, 2.24) is 42.5 Å². The predicted molar refractivity (Wildman–Crippen MR) is 234 cm³/mol. The smallest absolute Gasteiger partial charge is 0.326 e. The first-order chi connectivity index (χ1) is 30.2. The van der Waals surface area contributed by atoms with Crippen LogP contribution in [-0.4, -0.2) is 165 Å². The Hall–Kier alpha value is -5.60. The molecule has 0 aromatic rings. The molecule has 0 aliphatic carbocycles. The first-order valence-electron chi connectivity index (χ1n) is 20.9. The van der Waals surface area contributed by atoms with Crippen molar-refractivity contribution in [3.63, 3.8) is 0 Å². The molecular formula is C39H68N10O15S. The molecule has 0 saturated carbocycles. The number of carboxylic acid groups (broad SMARTS) is 2. The first kappa shape index (κ1) is 59.4. The lowest BCUT2D eigenvalue weighted by Gasteiger charge is -2.29.